The molecule has 0 radical (unpaired) electrons. The van der Waals surface area contributed by atoms with Crippen molar-refractivity contribution in [3.05, 3.63) is 59.9 Å². The molecule has 0 bridgehead atoms. The summed E-state index contributed by atoms with van der Waals surface area (Å²) in [5.74, 6) is 0.278. The van der Waals surface area contributed by atoms with Crippen LogP contribution in [0.3, 0.4) is 0 Å². The summed E-state index contributed by atoms with van der Waals surface area (Å²) in [6, 6.07) is 15.0. The monoisotopic (exact) mass is 348 g/mol. The van der Waals surface area contributed by atoms with Gasteiger partial charge >= 0.3 is 0 Å². The number of hydrogen-bond acceptors (Lipinski definition) is 6. The van der Waals surface area contributed by atoms with E-state index in [4.69, 9.17) is 26.0 Å². The number of benzene rings is 2. The maximum Gasteiger partial charge on any atom is 0.270 e. The van der Waals surface area contributed by atoms with E-state index in [0.717, 1.165) is 11.0 Å². The third-order valence-corrected chi connectivity index (χ3v) is 4.14. The number of hydrogen-bond donors (Lipinski definition) is 0. The van der Waals surface area contributed by atoms with Crippen LogP contribution in [-0.2, 0) is 0 Å². The van der Waals surface area contributed by atoms with Crippen LogP contribution in [0, 0.1) is 0 Å². The molecule has 0 unspecified atom stereocenters. The lowest BCUT2D eigenvalue weighted by atomic mass is 10.3. The van der Waals surface area contributed by atoms with Crippen molar-refractivity contribution >= 4 is 33.8 Å². The van der Waals surface area contributed by atoms with Gasteiger partial charge in [0.15, 0.2) is 11.3 Å². The smallest absolute Gasteiger partial charge is 0.270 e. The molecule has 0 fully saturated rings. The molecule has 5 rings (SSSR count). The highest BCUT2D eigenvalue weighted by Gasteiger charge is 2.21. The molecule has 0 aliphatic carbocycles. The van der Waals surface area contributed by atoms with Gasteiger partial charge in [-0.2, -0.15) is 5.10 Å². The average molecular weight is 349 g/mol. The van der Waals surface area contributed by atoms with Crippen molar-refractivity contribution in [2.45, 2.75) is 0 Å². The molecule has 3 aromatic heterocycles. The molecule has 25 heavy (non-hydrogen) atoms. The van der Waals surface area contributed by atoms with E-state index in [-0.39, 0.29) is 5.89 Å². The summed E-state index contributed by atoms with van der Waals surface area (Å²) in [4.78, 5) is 9.41. The topological polar surface area (TPSA) is 82.5 Å². The zero-order valence-electron chi connectivity index (χ0n) is 12.7. The Labute approximate surface area is 145 Å². The van der Waals surface area contributed by atoms with Crippen molar-refractivity contribution in [2.24, 2.45) is 0 Å². The number of rotatable bonds is 2. The second-order valence-corrected chi connectivity index (χ2v) is 5.75. The number of halogens is 1. The van der Waals surface area contributed by atoms with E-state index < -0.39 is 0 Å². The highest BCUT2D eigenvalue weighted by molar-refractivity contribution is 6.32. The summed E-state index contributed by atoms with van der Waals surface area (Å²) in [7, 11) is 0. The quantitative estimate of drug-likeness (QED) is 0.484. The fourth-order valence-corrected chi connectivity index (χ4v) is 2.92. The standard InChI is InChI=1S/C17H9ClN6O/c18-10-5-1-4-8-13(10)24-16-14(15(23-24)17-22-19-9-25-17)20-11-6-2-3-7-12(11)21-16/h1-9H. The Balaban J connectivity index is 1.92. The molecule has 0 N–H and O–H groups in total. The molecule has 5 aromatic rings. The first-order valence-corrected chi connectivity index (χ1v) is 7.86. The molecular formula is C17H9ClN6O. The average Bonchev–Trinajstić information content (AvgIpc) is 3.28. The van der Waals surface area contributed by atoms with Gasteiger partial charge in [0.2, 0.25) is 6.39 Å². The van der Waals surface area contributed by atoms with Gasteiger partial charge in [-0.15, -0.1) is 10.2 Å². The molecule has 0 amide bonds. The molecule has 8 heteroatoms. The van der Waals surface area contributed by atoms with Crippen LogP contribution >= 0.6 is 11.6 Å². The SMILES string of the molecule is Clc1ccccc1-n1nc(-c2nnco2)c2nc3ccccc3nc21. The Morgan fingerprint density at radius 2 is 1.68 bits per heavy atom. The third kappa shape index (κ3) is 2.17. The Morgan fingerprint density at radius 1 is 0.920 bits per heavy atom. The van der Waals surface area contributed by atoms with Crippen molar-refractivity contribution in [3.8, 4) is 17.3 Å². The molecule has 0 saturated heterocycles. The first-order chi connectivity index (χ1) is 12.3. The lowest BCUT2D eigenvalue weighted by Crippen LogP contribution is -1.99. The number of para-hydroxylation sites is 3. The summed E-state index contributed by atoms with van der Waals surface area (Å²) >= 11 is 6.35. The normalized spacial score (nSPS) is 11.4. The van der Waals surface area contributed by atoms with E-state index in [1.165, 1.54) is 6.39 Å². The van der Waals surface area contributed by atoms with Gasteiger partial charge in [-0.1, -0.05) is 35.9 Å². The second kappa shape index (κ2) is 5.35. The lowest BCUT2D eigenvalue weighted by molar-refractivity contribution is 0.566. The highest BCUT2D eigenvalue weighted by Crippen LogP contribution is 2.30. The van der Waals surface area contributed by atoms with Crippen molar-refractivity contribution in [1.82, 2.24) is 29.9 Å². The molecule has 3 heterocycles. The van der Waals surface area contributed by atoms with Gasteiger partial charge in [0.1, 0.15) is 5.52 Å². The fraction of sp³-hybridized carbons (Fsp3) is 0. The maximum absolute atomic E-state index is 6.35. The molecule has 0 atom stereocenters. The first-order valence-electron chi connectivity index (χ1n) is 7.48. The first kappa shape index (κ1) is 14.1. The van der Waals surface area contributed by atoms with Gasteiger partial charge in [-0.25, -0.2) is 14.6 Å². The van der Waals surface area contributed by atoms with Crippen LogP contribution in [0.4, 0.5) is 0 Å². The maximum atomic E-state index is 6.35. The predicted octanol–water partition coefficient (Wildman–Crippen LogP) is 3.67. The van der Waals surface area contributed by atoms with Gasteiger partial charge < -0.3 is 4.42 Å². The minimum atomic E-state index is 0.278. The number of fused-ring (bicyclic) bond motifs is 2. The zero-order valence-corrected chi connectivity index (χ0v) is 13.4. The number of aromatic nitrogens is 6. The van der Waals surface area contributed by atoms with Crippen molar-refractivity contribution in [2.75, 3.05) is 0 Å². The molecule has 0 saturated carbocycles. The Hall–Kier alpha value is -3.32. The highest BCUT2D eigenvalue weighted by atomic mass is 35.5. The van der Waals surface area contributed by atoms with Crippen molar-refractivity contribution in [1.29, 1.82) is 0 Å². The van der Waals surface area contributed by atoms with Crippen LogP contribution in [-0.4, -0.2) is 29.9 Å². The largest absolute Gasteiger partial charge is 0.422 e. The van der Waals surface area contributed by atoms with Crippen LogP contribution in [0.15, 0.2) is 59.3 Å². The molecule has 0 aliphatic rings. The molecule has 120 valence electrons. The van der Waals surface area contributed by atoms with Gasteiger partial charge in [-0.05, 0) is 24.3 Å². The summed E-state index contributed by atoms with van der Waals surface area (Å²) in [5, 5.41) is 12.8. The minimum Gasteiger partial charge on any atom is -0.422 e. The second-order valence-electron chi connectivity index (χ2n) is 5.34. The summed E-state index contributed by atoms with van der Waals surface area (Å²) < 4.78 is 6.97. The molecule has 0 spiro atoms. The van der Waals surface area contributed by atoms with E-state index in [1.54, 1.807) is 10.7 Å². The van der Waals surface area contributed by atoms with E-state index in [1.807, 2.05) is 42.5 Å². The van der Waals surface area contributed by atoms with E-state index >= 15 is 0 Å². The Kier molecular flexibility index (Phi) is 3.01. The van der Waals surface area contributed by atoms with Crippen LogP contribution in [0.5, 0.6) is 0 Å². The fourth-order valence-electron chi connectivity index (χ4n) is 2.70. The van der Waals surface area contributed by atoms with E-state index in [9.17, 15) is 0 Å². The zero-order chi connectivity index (χ0) is 16.8. The van der Waals surface area contributed by atoms with Gasteiger partial charge in [-0.3, -0.25) is 0 Å². The van der Waals surface area contributed by atoms with Crippen LogP contribution < -0.4 is 0 Å². The number of nitrogens with zero attached hydrogens (tertiary/aromatic N) is 6. The summed E-state index contributed by atoms with van der Waals surface area (Å²) in [5.41, 5.74) is 3.83. The third-order valence-electron chi connectivity index (χ3n) is 3.82. The van der Waals surface area contributed by atoms with Crippen LogP contribution in [0.1, 0.15) is 0 Å². The van der Waals surface area contributed by atoms with Crippen molar-refractivity contribution < 1.29 is 4.42 Å². The Morgan fingerprint density at radius 3 is 2.44 bits per heavy atom. The Bertz CT molecular complexity index is 1210. The minimum absolute atomic E-state index is 0.278. The van der Waals surface area contributed by atoms with E-state index in [0.29, 0.717) is 27.6 Å². The van der Waals surface area contributed by atoms with Gasteiger partial charge in [0.05, 0.1) is 21.7 Å². The van der Waals surface area contributed by atoms with Crippen LogP contribution in [0.2, 0.25) is 5.02 Å². The van der Waals surface area contributed by atoms with Gasteiger partial charge in [0, 0.05) is 0 Å². The molecule has 0 aliphatic heterocycles. The lowest BCUT2D eigenvalue weighted by Gasteiger charge is -2.05. The van der Waals surface area contributed by atoms with Crippen LogP contribution in [0.25, 0.3) is 39.5 Å². The summed E-state index contributed by atoms with van der Waals surface area (Å²) in [6.07, 6.45) is 1.25. The molecular weight excluding hydrogens is 340 g/mol. The van der Waals surface area contributed by atoms with E-state index in [2.05, 4.69) is 15.3 Å². The molecule has 2 aromatic carbocycles. The van der Waals surface area contributed by atoms with Crippen molar-refractivity contribution in [3.63, 3.8) is 0 Å². The molecule has 7 nitrogen and oxygen atoms in total. The predicted molar refractivity (Wildman–Crippen MR) is 92.5 cm³/mol. The van der Waals surface area contributed by atoms with Gasteiger partial charge in [0.25, 0.3) is 5.89 Å². The summed E-state index contributed by atoms with van der Waals surface area (Å²) in [6.45, 7) is 0.